The molecule has 0 saturated heterocycles. The third-order valence-electron chi connectivity index (χ3n) is 3.68. The van der Waals surface area contributed by atoms with Gasteiger partial charge in [-0.25, -0.2) is 4.79 Å². The van der Waals surface area contributed by atoms with Gasteiger partial charge in [0.05, 0.1) is 12.1 Å². The third kappa shape index (κ3) is 3.80. The number of aryl methyl sites for hydroxylation is 1. The van der Waals surface area contributed by atoms with Gasteiger partial charge < -0.3 is 9.63 Å². The molecule has 27 heavy (non-hydrogen) atoms. The summed E-state index contributed by atoms with van der Waals surface area (Å²) in [7, 11) is 0. The second-order valence-corrected chi connectivity index (χ2v) is 5.91. The van der Waals surface area contributed by atoms with Crippen LogP contribution >= 0.6 is 11.6 Å². The van der Waals surface area contributed by atoms with Gasteiger partial charge in [0.25, 0.3) is 5.56 Å². The summed E-state index contributed by atoms with van der Waals surface area (Å²) in [5.74, 6) is -1.08. The van der Waals surface area contributed by atoms with Crippen LogP contribution in [0.3, 0.4) is 0 Å². The van der Waals surface area contributed by atoms with E-state index in [-0.39, 0.29) is 36.8 Å². The molecule has 0 aliphatic rings. The van der Waals surface area contributed by atoms with Crippen molar-refractivity contribution in [2.75, 3.05) is 0 Å². The van der Waals surface area contributed by atoms with E-state index in [4.69, 9.17) is 21.2 Å². The molecule has 3 rings (SSSR count). The zero-order valence-electron chi connectivity index (χ0n) is 14.1. The predicted molar refractivity (Wildman–Crippen MR) is 94.0 cm³/mol. The van der Waals surface area contributed by atoms with E-state index in [1.807, 2.05) is 0 Å². The normalized spacial score (nSPS) is 10.9. The number of nitrogens with zero attached hydrogens (tertiary/aromatic N) is 5. The first-order valence-electron chi connectivity index (χ1n) is 7.95. The Morgan fingerprint density at radius 2 is 1.96 bits per heavy atom. The van der Waals surface area contributed by atoms with Gasteiger partial charge in [-0.2, -0.15) is 14.8 Å². The van der Waals surface area contributed by atoms with E-state index < -0.39 is 17.2 Å². The molecule has 0 unspecified atom stereocenters. The first-order chi connectivity index (χ1) is 12.9. The Hall–Kier alpha value is -3.27. The number of carboxylic acid groups (broad SMARTS) is 1. The molecule has 1 aromatic carbocycles. The maximum atomic E-state index is 12.6. The fourth-order valence-corrected chi connectivity index (χ4v) is 2.48. The summed E-state index contributed by atoms with van der Waals surface area (Å²) in [6.45, 7) is 1.76. The van der Waals surface area contributed by atoms with Crippen LogP contribution < -0.4 is 11.2 Å². The van der Waals surface area contributed by atoms with Crippen molar-refractivity contribution in [3.05, 3.63) is 56.0 Å². The predicted octanol–water partition coefficient (Wildman–Crippen LogP) is 1.13. The molecule has 3 aromatic rings. The first-order valence-corrected chi connectivity index (χ1v) is 8.33. The number of rotatable bonds is 6. The molecular formula is C16H14ClN5O5. The number of hydrogen-bond acceptors (Lipinski definition) is 7. The lowest BCUT2D eigenvalue weighted by molar-refractivity contribution is -0.137. The molecule has 10 nitrogen and oxygen atoms in total. The fraction of sp³-hybridized carbons (Fsp3) is 0.250. The highest BCUT2D eigenvalue weighted by atomic mass is 35.5. The van der Waals surface area contributed by atoms with E-state index in [1.165, 1.54) is 0 Å². The topological polar surface area (TPSA) is 133 Å². The summed E-state index contributed by atoms with van der Waals surface area (Å²) in [5, 5.41) is 17.0. The van der Waals surface area contributed by atoms with E-state index in [9.17, 15) is 14.4 Å². The van der Waals surface area contributed by atoms with Gasteiger partial charge in [0.2, 0.25) is 11.7 Å². The summed E-state index contributed by atoms with van der Waals surface area (Å²) >= 11 is 5.87. The number of carbonyl (C=O) groups is 1. The van der Waals surface area contributed by atoms with Crippen molar-refractivity contribution in [2.45, 2.75) is 26.3 Å². The van der Waals surface area contributed by atoms with Crippen LogP contribution in [-0.4, -0.2) is 35.6 Å². The van der Waals surface area contributed by atoms with Crippen molar-refractivity contribution in [3.8, 4) is 17.2 Å². The van der Waals surface area contributed by atoms with E-state index in [2.05, 4.69) is 15.2 Å². The Bertz CT molecular complexity index is 1100. The lowest BCUT2D eigenvalue weighted by Crippen LogP contribution is -2.41. The van der Waals surface area contributed by atoms with E-state index in [0.29, 0.717) is 10.7 Å². The average molecular weight is 392 g/mol. The summed E-state index contributed by atoms with van der Waals surface area (Å²) in [6.07, 6.45) is -0.181. The Morgan fingerprint density at radius 1 is 1.26 bits per heavy atom. The number of halogens is 1. The summed E-state index contributed by atoms with van der Waals surface area (Å²) in [6, 6.07) is 6.34. The van der Waals surface area contributed by atoms with E-state index >= 15 is 0 Å². The van der Waals surface area contributed by atoms with Crippen molar-refractivity contribution in [2.24, 2.45) is 0 Å². The van der Waals surface area contributed by atoms with Gasteiger partial charge in [-0.15, -0.1) is 0 Å². The molecular weight excluding hydrogens is 378 g/mol. The maximum absolute atomic E-state index is 12.6. The van der Waals surface area contributed by atoms with Gasteiger partial charge in [0, 0.05) is 18.0 Å². The highest BCUT2D eigenvalue weighted by molar-refractivity contribution is 6.30. The van der Waals surface area contributed by atoms with Crippen LogP contribution in [0.2, 0.25) is 5.02 Å². The highest BCUT2D eigenvalue weighted by Gasteiger charge is 2.20. The van der Waals surface area contributed by atoms with Gasteiger partial charge in [0.1, 0.15) is 0 Å². The SMILES string of the molecule is CCn1c(=O)c(-c2noc(CCC(=O)O)n2)nn(-c2ccc(Cl)cc2)c1=O. The Balaban J connectivity index is 2.12. The van der Waals surface area contributed by atoms with Gasteiger partial charge in [-0.1, -0.05) is 16.8 Å². The summed E-state index contributed by atoms with van der Waals surface area (Å²) < 4.78 is 7.01. The van der Waals surface area contributed by atoms with Crippen LogP contribution in [-0.2, 0) is 17.8 Å². The van der Waals surface area contributed by atoms with Crippen molar-refractivity contribution in [1.29, 1.82) is 0 Å². The van der Waals surface area contributed by atoms with Crippen LogP contribution in [0.4, 0.5) is 0 Å². The van der Waals surface area contributed by atoms with Gasteiger partial charge in [-0.05, 0) is 31.2 Å². The van der Waals surface area contributed by atoms with Gasteiger partial charge in [0.15, 0.2) is 5.69 Å². The summed E-state index contributed by atoms with van der Waals surface area (Å²) in [4.78, 5) is 39.8. The Morgan fingerprint density at radius 3 is 2.59 bits per heavy atom. The molecule has 0 aliphatic heterocycles. The van der Waals surface area contributed by atoms with Crippen LogP contribution in [0.1, 0.15) is 19.2 Å². The van der Waals surface area contributed by atoms with Crippen molar-refractivity contribution >= 4 is 17.6 Å². The molecule has 2 aromatic heterocycles. The second kappa shape index (κ2) is 7.54. The molecule has 0 bridgehead atoms. The fourth-order valence-electron chi connectivity index (χ4n) is 2.35. The summed E-state index contributed by atoms with van der Waals surface area (Å²) in [5.41, 5.74) is -1.07. The monoisotopic (exact) mass is 391 g/mol. The standard InChI is InChI=1S/C16H14ClN5O5/c1-2-21-15(25)13(14-18-11(27-20-14)7-8-12(23)24)19-22(16(21)26)10-5-3-9(17)4-6-10/h3-6H,2,7-8H2,1H3,(H,23,24). The Labute approximate surface area is 156 Å². The zero-order chi connectivity index (χ0) is 19.6. The highest BCUT2D eigenvalue weighted by Crippen LogP contribution is 2.13. The Kier molecular flexibility index (Phi) is 5.17. The molecule has 0 amide bonds. The molecule has 0 saturated carbocycles. The minimum Gasteiger partial charge on any atom is -0.481 e. The lowest BCUT2D eigenvalue weighted by Gasteiger charge is -2.09. The van der Waals surface area contributed by atoms with Crippen molar-refractivity contribution < 1.29 is 14.4 Å². The van der Waals surface area contributed by atoms with Crippen LogP contribution in [0.25, 0.3) is 17.2 Å². The largest absolute Gasteiger partial charge is 0.481 e. The van der Waals surface area contributed by atoms with Crippen LogP contribution in [0.5, 0.6) is 0 Å². The first kappa shape index (κ1) is 18.5. The third-order valence-corrected chi connectivity index (χ3v) is 3.93. The molecule has 11 heteroatoms. The minimum absolute atomic E-state index is 0.0150. The van der Waals surface area contributed by atoms with Gasteiger partial charge >= 0.3 is 11.7 Å². The smallest absolute Gasteiger partial charge is 0.352 e. The quantitative estimate of drug-likeness (QED) is 0.661. The molecule has 140 valence electrons. The van der Waals surface area contributed by atoms with E-state index in [1.54, 1.807) is 31.2 Å². The van der Waals surface area contributed by atoms with E-state index in [0.717, 1.165) is 9.25 Å². The second-order valence-electron chi connectivity index (χ2n) is 5.47. The zero-order valence-corrected chi connectivity index (χ0v) is 14.9. The molecule has 0 fully saturated rings. The van der Waals surface area contributed by atoms with Gasteiger partial charge in [-0.3, -0.25) is 14.2 Å². The number of benzene rings is 1. The maximum Gasteiger partial charge on any atom is 0.352 e. The molecule has 1 N–H and O–H groups in total. The van der Waals surface area contributed by atoms with Crippen LogP contribution in [0, 0.1) is 0 Å². The molecule has 0 atom stereocenters. The molecule has 2 heterocycles. The molecule has 0 aliphatic carbocycles. The minimum atomic E-state index is -1.02. The lowest BCUT2D eigenvalue weighted by atomic mass is 10.3. The van der Waals surface area contributed by atoms with Crippen molar-refractivity contribution in [1.82, 2.24) is 24.5 Å². The average Bonchev–Trinajstić information content (AvgIpc) is 3.10. The number of hydrogen-bond donors (Lipinski definition) is 1. The number of aliphatic carboxylic acids is 1. The molecule has 0 spiro atoms. The number of carboxylic acids is 1. The van der Waals surface area contributed by atoms with Crippen LogP contribution in [0.15, 0.2) is 38.4 Å². The molecule has 0 radical (unpaired) electrons. The number of aromatic nitrogens is 5. The van der Waals surface area contributed by atoms with Crippen molar-refractivity contribution in [3.63, 3.8) is 0 Å².